The first-order valence-corrected chi connectivity index (χ1v) is 17.3. The van der Waals surface area contributed by atoms with Gasteiger partial charge in [-0.25, -0.2) is 0 Å². The van der Waals surface area contributed by atoms with E-state index in [1.165, 1.54) is 11.9 Å². The van der Waals surface area contributed by atoms with Crippen molar-refractivity contribution in [1.29, 1.82) is 0 Å². The second-order valence-electron chi connectivity index (χ2n) is 13.3. The Bertz CT molecular complexity index is 1600. The maximum atomic E-state index is 14.2. The van der Waals surface area contributed by atoms with Crippen molar-refractivity contribution in [1.82, 2.24) is 15.1 Å². The van der Waals surface area contributed by atoms with E-state index in [1.807, 2.05) is 35.2 Å². The zero-order chi connectivity index (χ0) is 33.5. The molecule has 0 unspecified atom stereocenters. The van der Waals surface area contributed by atoms with Crippen LogP contribution >= 0.6 is 0 Å². The molecule has 0 radical (unpaired) electrons. The molecular weight excluding hydrogens is 600 g/mol. The Morgan fingerprint density at radius 1 is 0.771 bits per heavy atom. The van der Waals surface area contributed by atoms with E-state index in [9.17, 15) is 14.7 Å². The Hall–Kier alpha value is -4.92. The van der Waals surface area contributed by atoms with E-state index < -0.39 is 5.41 Å². The van der Waals surface area contributed by atoms with Gasteiger partial charge in [0.1, 0.15) is 5.75 Å². The van der Waals surface area contributed by atoms with Crippen LogP contribution in [0.5, 0.6) is 5.75 Å². The van der Waals surface area contributed by atoms with Crippen LogP contribution < -0.4 is 21.7 Å². The molecule has 0 spiro atoms. The Morgan fingerprint density at radius 3 is 2.00 bits per heavy atom. The van der Waals surface area contributed by atoms with Crippen LogP contribution in [0.15, 0.2) is 103 Å². The van der Waals surface area contributed by atoms with Crippen molar-refractivity contribution in [3.63, 3.8) is 0 Å². The molecular formula is C39H48N6O3. The number of carbonyl (C=O) groups excluding carboxylic acids is 2. The fourth-order valence-corrected chi connectivity index (χ4v) is 7.64. The molecule has 9 nitrogen and oxygen atoms in total. The number of carbonyl (C=O) groups is 2. The van der Waals surface area contributed by atoms with Crippen LogP contribution in [0.1, 0.15) is 49.7 Å². The number of allylic oxidation sites excluding steroid dienone is 1. The number of aromatic hydroxyl groups is 1. The van der Waals surface area contributed by atoms with Gasteiger partial charge in [-0.15, -0.1) is 0 Å². The molecule has 3 aromatic rings. The van der Waals surface area contributed by atoms with Crippen molar-refractivity contribution in [2.75, 3.05) is 44.2 Å². The summed E-state index contributed by atoms with van der Waals surface area (Å²) in [6, 6.07) is 27.5. The summed E-state index contributed by atoms with van der Waals surface area (Å²) in [7, 11) is 0. The van der Waals surface area contributed by atoms with Crippen LogP contribution in [-0.2, 0) is 15.0 Å². The zero-order valence-corrected chi connectivity index (χ0v) is 27.6. The van der Waals surface area contributed by atoms with Gasteiger partial charge in [0.25, 0.3) is 0 Å². The fourth-order valence-electron chi connectivity index (χ4n) is 7.64. The normalized spacial score (nSPS) is 21.9. The molecule has 0 bridgehead atoms. The van der Waals surface area contributed by atoms with Crippen molar-refractivity contribution in [2.24, 2.45) is 17.4 Å². The number of nitrogens with two attached hydrogens (primary N) is 2. The number of para-hydroxylation sites is 2. The van der Waals surface area contributed by atoms with Crippen LogP contribution in [0.2, 0.25) is 0 Å². The SMILES string of the molecule is N/C=C(\C=C(/N)c1ccccc1O)N1CCC(C(=O)NC2CCC(C(=O)N3CCN(c4ccccc4)CC3)CC2)(c2ccccc2)CC1. The van der Waals surface area contributed by atoms with E-state index in [0.717, 1.165) is 63.1 Å². The summed E-state index contributed by atoms with van der Waals surface area (Å²) < 4.78 is 0. The third kappa shape index (κ3) is 7.15. The third-order valence-corrected chi connectivity index (χ3v) is 10.6. The quantitative estimate of drug-likeness (QED) is 0.264. The lowest BCUT2D eigenvalue weighted by atomic mass is 9.71. The van der Waals surface area contributed by atoms with Gasteiger partial charge in [0.05, 0.1) is 11.1 Å². The van der Waals surface area contributed by atoms with Gasteiger partial charge >= 0.3 is 0 Å². The monoisotopic (exact) mass is 648 g/mol. The van der Waals surface area contributed by atoms with E-state index >= 15 is 0 Å². The maximum Gasteiger partial charge on any atom is 0.231 e. The van der Waals surface area contributed by atoms with Gasteiger partial charge in [-0.3, -0.25) is 9.59 Å². The Kier molecular flexibility index (Phi) is 10.2. The molecule has 2 aliphatic heterocycles. The largest absolute Gasteiger partial charge is 0.507 e. The lowest BCUT2D eigenvalue weighted by Gasteiger charge is -2.43. The second-order valence-corrected chi connectivity index (χ2v) is 13.3. The minimum absolute atomic E-state index is 0.0208. The number of likely N-dealkylation sites (tertiary alicyclic amines) is 1. The van der Waals surface area contributed by atoms with Crippen molar-refractivity contribution in [2.45, 2.75) is 50.0 Å². The zero-order valence-electron chi connectivity index (χ0n) is 27.6. The average molecular weight is 649 g/mol. The Balaban J connectivity index is 1.05. The summed E-state index contributed by atoms with van der Waals surface area (Å²) in [6.07, 6.45) is 7.76. The lowest BCUT2D eigenvalue weighted by Crippen LogP contribution is -2.54. The van der Waals surface area contributed by atoms with Crippen LogP contribution in [0.3, 0.4) is 0 Å². The summed E-state index contributed by atoms with van der Waals surface area (Å²) in [6.45, 7) is 4.44. The number of phenols is 1. The molecule has 2 amide bonds. The van der Waals surface area contributed by atoms with E-state index in [-0.39, 0.29) is 29.5 Å². The summed E-state index contributed by atoms with van der Waals surface area (Å²) >= 11 is 0. The molecule has 0 aromatic heterocycles. The number of phenolic OH excluding ortho intramolecular Hbond substituents is 1. The highest BCUT2D eigenvalue weighted by molar-refractivity contribution is 5.89. The number of amides is 2. The van der Waals surface area contributed by atoms with Crippen molar-refractivity contribution >= 4 is 23.2 Å². The van der Waals surface area contributed by atoms with Crippen LogP contribution in [-0.4, -0.2) is 72.0 Å². The summed E-state index contributed by atoms with van der Waals surface area (Å²) in [5, 5.41) is 13.7. The molecule has 48 heavy (non-hydrogen) atoms. The highest BCUT2D eigenvalue weighted by Gasteiger charge is 2.44. The predicted molar refractivity (Wildman–Crippen MR) is 191 cm³/mol. The minimum atomic E-state index is -0.671. The molecule has 3 fully saturated rings. The number of anilines is 1. The minimum Gasteiger partial charge on any atom is -0.507 e. The van der Waals surface area contributed by atoms with Gasteiger partial charge in [-0.2, -0.15) is 0 Å². The number of piperazine rings is 1. The molecule has 2 heterocycles. The molecule has 2 saturated heterocycles. The van der Waals surface area contributed by atoms with Gasteiger partial charge < -0.3 is 36.6 Å². The highest BCUT2D eigenvalue weighted by Crippen LogP contribution is 2.38. The van der Waals surface area contributed by atoms with E-state index in [2.05, 4.69) is 51.5 Å². The molecule has 0 atom stereocenters. The number of benzene rings is 3. The number of hydrogen-bond acceptors (Lipinski definition) is 7. The first-order chi connectivity index (χ1) is 23.4. The summed E-state index contributed by atoms with van der Waals surface area (Å²) in [5.41, 5.74) is 15.7. The van der Waals surface area contributed by atoms with Crippen LogP contribution in [0, 0.1) is 5.92 Å². The molecule has 1 saturated carbocycles. The Morgan fingerprint density at radius 2 is 1.38 bits per heavy atom. The van der Waals surface area contributed by atoms with Crippen LogP contribution in [0.25, 0.3) is 5.70 Å². The second kappa shape index (κ2) is 14.9. The number of nitrogens with one attached hydrogen (secondary N) is 1. The molecule has 1 aliphatic carbocycles. The maximum absolute atomic E-state index is 14.2. The molecule has 3 aliphatic rings. The van der Waals surface area contributed by atoms with Crippen molar-refractivity contribution in [3.05, 3.63) is 114 Å². The standard InChI is InChI=1S/C39H48N6O3/c40-28-33(27-35(41)34-13-7-8-14-36(34)46)43-21-19-39(20-22-43,30-9-3-1-4-10-30)38(48)42-31-17-15-29(16-18-31)37(47)45-25-23-44(24-26-45)32-11-5-2-6-12-32/h1-14,27-29,31,46H,15-26,40-41H2,(H,42,48)/b33-28+,35-27-. The number of nitrogens with zero attached hydrogens (tertiary/aromatic N) is 3. The van der Waals surface area contributed by atoms with Gasteiger partial charge in [-0.1, -0.05) is 60.7 Å². The van der Waals surface area contributed by atoms with Gasteiger partial charge in [0, 0.05) is 74.4 Å². The summed E-state index contributed by atoms with van der Waals surface area (Å²) in [4.78, 5) is 34.2. The Labute approximate surface area is 283 Å². The molecule has 6 N–H and O–H groups in total. The van der Waals surface area contributed by atoms with Gasteiger partial charge in [0.2, 0.25) is 11.8 Å². The predicted octanol–water partition coefficient (Wildman–Crippen LogP) is 4.55. The van der Waals surface area contributed by atoms with E-state index in [0.29, 0.717) is 37.2 Å². The molecule has 252 valence electrons. The molecule has 9 heteroatoms. The highest BCUT2D eigenvalue weighted by atomic mass is 16.3. The summed E-state index contributed by atoms with van der Waals surface area (Å²) in [5.74, 6) is 0.456. The molecule has 3 aromatic carbocycles. The fraction of sp³-hybridized carbons (Fsp3) is 0.385. The third-order valence-electron chi connectivity index (χ3n) is 10.6. The van der Waals surface area contributed by atoms with Gasteiger partial charge in [0.15, 0.2) is 0 Å². The number of hydrogen-bond donors (Lipinski definition) is 4. The number of piperidine rings is 1. The van der Waals surface area contributed by atoms with Crippen molar-refractivity contribution in [3.8, 4) is 5.75 Å². The topological polar surface area (TPSA) is 128 Å². The van der Waals surface area contributed by atoms with E-state index in [1.54, 1.807) is 24.3 Å². The first-order valence-electron chi connectivity index (χ1n) is 17.3. The number of rotatable bonds is 8. The van der Waals surface area contributed by atoms with Crippen molar-refractivity contribution < 1.29 is 14.7 Å². The van der Waals surface area contributed by atoms with Gasteiger partial charge in [-0.05, 0) is 74.4 Å². The van der Waals surface area contributed by atoms with E-state index in [4.69, 9.17) is 11.5 Å². The molecule has 6 rings (SSSR count). The van der Waals surface area contributed by atoms with Crippen LogP contribution in [0.4, 0.5) is 5.69 Å². The first kappa shape index (κ1) is 33.0. The lowest BCUT2D eigenvalue weighted by molar-refractivity contribution is -0.137. The average Bonchev–Trinajstić information content (AvgIpc) is 3.15. The smallest absolute Gasteiger partial charge is 0.231 e.